The van der Waals surface area contributed by atoms with E-state index in [1.165, 1.54) is 6.26 Å². The van der Waals surface area contributed by atoms with Gasteiger partial charge in [0, 0.05) is 6.54 Å². The van der Waals surface area contributed by atoms with Crippen molar-refractivity contribution < 1.29 is 9.21 Å². The number of amides is 1. The van der Waals surface area contributed by atoms with E-state index in [-0.39, 0.29) is 5.91 Å². The molecule has 0 spiro atoms. The summed E-state index contributed by atoms with van der Waals surface area (Å²) >= 11 is 0. The first-order valence-electron chi connectivity index (χ1n) is 5.94. The largest absolute Gasteiger partial charge is 0.469 e. The van der Waals surface area contributed by atoms with E-state index < -0.39 is 0 Å². The highest BCUT2D eigenvalue weighted by molar-refractivity contribution is 6.05. The molecule has 2 heterocycles. The number of furan rings is 1. The highest BCUT2D eigenvalue weighted by Crippen LogP contribution is 2.21. The van der Waals surface area contributed by atoms with Crippen molar-refractivity contribution in [3.05, 3.63) is 35.0 Å². The highest BCUT2D eigenvalue weighted by atomic mass is 16.3. The summed E-state index contributed by atoms with van der Waals surface area (Å²) in [4.78, 5) is 12.1. The van der Waals surface area contributed by atoms with Crippen LogP contribution in [0.5, 0.6) is 0 Å². The molecule has 2 rings (SSSR count). The molecule has 0 atom stereocenters. The fourth-order valence-electron chi connectivity index (χ4n) is 1.99. The zero-order chi connectivity index (χ0) is 13.3. The van der Waals surface area contributed by atoms with Crippen LogP contribution >= 0.6 is 0 Å². The Morgan fingerprint density at radius 1 is 1.44 bits per heavy atom. The van der Waals surface area contributed by atoms with Gasteiger partial charge >= 0.3 is 0 Å². The van der Waals surface area contributed by atoms with Gasteiger partial charge in [0.25, 0.3) is 5.91 Å². The van der Waals surface area contributed by atoms with Gasteiger partial charge in [-0.2, -0.15) is 5.10 Å². The fourth-order valence-corrected chi connectivity index (χ4v) is 1.99. The maximum absolute atomic E-state index is 12.1. The van der Waals surface area contributed by atoms with E-state index in [0.29, 0.717) is 11.3 Å². The van der Waals surface area contributed by atoms with E-state index in [1.807, 2.05) is 25.5 Å². The molecule has 1 amide bonds. The van der Waals surface area contributed by atoms with Gasteiger partial charge in [-0.15, -0.1) is 0 Å². The molecule has 18 heavy (non-hydrogen) atoms. The molecule has 0 aliphatic rings. The maximum atomic E-state index is 12.1. The first-order valence-corrected chi connectivity index (χ1v) is 5.94. The van der Waals surface area contributed by atoms with E-state index >= 15 is 0 Å². The zero-order valence-corrected chi connectivity index (χ0v) is 11.1. The van der Waals surface area contributed by atoms with Gasteiger partial charge < -0.3 is 9.73 Å². The van der Waals surface area contributed by atoms with Crippen LogP contribution < -0.4 is 5.32 Å². The molecular weight excluding hydrogens is 230 g/mol. The summed E-state index contributed by atoms with van der Waals surface area (Å²) in [5, 5.41) is 7.26. The Bertz CT molecular complexity index is 581. The number of anilines is 1. The minimum absolute atomic E-state index is 0.164. The highest BCUT2D eigenvalue weighted by Gasteiger charge is 2.16. The normalized spacial score (nSPS) is 10.7. The molecule has 2 aromatic heterocycles. The number of nitrogens with zero attached hydrogens (tertiary/aromatic N) is 2. The van der Waals surface area contributed by atoms with E-state index in [0.717, 1.165) is 23.6 Å². The number of aromatic nitrogens is 2. The second kappa shape index (κ2) is 4.68. The third kappa shape index (κ3) is 2.03. The lowest BCUT2D eigenvalue weighted by Gasteiger charge is -2.05. The molecule has 5 nitrogen and oxygen atoms in total. The van der Waals surface area contributed by atoms with Crippen LogP contribution in [0.25, 0.3) is 0 Å². The van der Waals surface area contributed by atoms with Gasteiger partial charge in [0.15, 0.2) is 0 Å². The first kappa shape index (κ1) is 12.4. The summed E-state index contributed by atoms with van der Waals surface area (Å²) in [6, 6.07) is 1.67. The van der Waals surface area contributed by atoms with Crippen LogP contribution in [0.2, 0.25) is 0 Å². The summed E-state index contributed by atoms with van der Waals surface area (Å²) in [5.41, 5.74) is 3.12. The van der Waals surface area contributed by atoms with E-state index in [1.54, 1.807) is 13.0 Å². The SMILES string of the molecule is CCn1nc(C)c(NC(=O)c2ccoc2C)c1C. The first-order chi connectivity index (χ1) is 8.54. The Morgan fingerprint density at radius 3 is 2.67 bits per heavy atom. The number of hydrogen-bond donors (Lipinski definition) is 1. The lowest BCUT2D eigenvalue weighted by atomic mass is 10.2. The molecule has 5 heteroatoms. The lowest BCUT2D eigenvalue weighted by Crippen LogP contribution is -2.13. The molecule has 0 saturated heterocycles. The maximum Gasteiger partial charge on any atom is 0.259 e. The number of aryl methyl sites for hydroxylation is 3. The van der Waals surface area contributed by atoms with Crippen LogP contribution in [0.4, 0.5) is 5.69 Å². The monoisotopic (exact) mass is 247 g/mol. The van der Waals surface area contributed by atoms with Crippen molar-refractivity contribution in [3.8, 4) is 0 Å². The van der Waals surface area contributed by atoms with Gasteiger partial charge in [0.2, 0.25) is 0 Å². The Hall–Kier alpha value is -2.04. The molecule has 0 bridgehead atoms. The molecule has 0 saturated carbocycles. The summed E-state index contributed by atoms with van der Waals surface area (Å²) in [5.74, 6) is 0.453. The van der Waals surface area contributed by atoms with Gasteiger partial charge in [-0.25, -0.2) is 0 Å². The summed E-state index contributed by atoms with van der Waals surface area (Å²) in [6.07, 6.45) is 1.51. The molecule has 0 aliphatic carbocycles. The van der Waals surface area contributed by atoms with Gasteiger partial charge in [0.1, 0.15) is 5.76 Å². The number of rotatable bonds is 3. The van der Waals surface area contributed by atoms with E-state index in [9.17, 15) is 4.79 Å². The smallest absolute Gasteiger partial charge is 0.259 e. The van der Waals surface area contributed by atoms with Gasteiger partial charge in [0.05, 0.1) is 28.9 Å². The molecule has 2 aromatic rings. The minimum Gasteiger partial charge on any atom is -0.469 e. The average molecular weight is 247 g/mol. The van der Waals surface area contributed by atoms with Crippen LogP contribution in [0.1, 0.15) is 34.4 Å². The third-order valence-electron chi connectivity index (χ3n) is 3.02. The average Bonchev–Trinajstić information content (AvgIpc) is 2.87. The summed E-state index contributed by atoms with van der Waals surface area (Å²) in [7, 11) is 0. The molecule has 0 unspecified atom stereocenters. The molecule has 0 aromatic carbocycles. The number of carbonyl (C=O) groups excluding carboxylic acids is 1. The molecule has 1 N–H and O–H groups in total. The van der Waals surface area contributed by atoms with Crippen molar-refractivity contribution in [3.63, 3.8) is 0 Å². The fraction of sp³-hybridized carbons (Fsp3) is 0.385. The standard InChI is InChI=1S/C13H17N3O2/c1-5-16-9(3)12(8(2)15-16)14-13(17)11-6-7-18-10(11)4/h6-7H,5H2,1-4H3,(H,14,17). The Morgan fingerprint density at radius 2 is 2.17 bits per heavy atom. The number of hydrogen-bond acceptors (Lipinski definition) is 3. The van der Waals surface area contributed by atoms with Crippen molar-refractivity contribution in [1.29, 1.82) is 0 Å². The van der Waals surface area contributed by atoms with Crippen molar-refractivity contribution in [1.82, 2.24) is 9.78 Å². The molecule has 0 fully saturated rings. The second-order valence-corrected chi connectivity index (χ2v) is 4.21. The van der Waals surface area contributed by atoms with Crippen molar-refractivity contribution in [2.75, 3.05) is 5.32 Å². The van der Waals surface area contributed by atoms with Crippen LogP contribution in [-0.4, -0.2) is 15.7 Å². The van der Waals surface area contributed by atoms with Crippen LogP contribution in [0, 0.1) is 20.8 Å². The topological polar surface area (TPSA) is 60.1 Å². The summed E-state index contributed by atoms with van der Waals surface area (Å²) < 4.78 is 7.00. The van der Waals surface area contributed by atoms with E-state index in [2.05, 4.69) is 10.4 Å². The number of nitrogens with one attached hydrogen (secondary N) is 1. The predicted molar refractivity (Wildman–Crippen MR) is 68.8 cm³/mol. The molecule has 0 aliphatic heterocycles. The Kier molecular flexibility index (Phi) is 3.23. The number of carbonyl (C=O) groups is 1. The van der Waals surface area contributed by atoms with Crippen molar-refractivity contribution >= 4 is 11.6 Å². The van der Waals surface area contributed by atoms with Gasteiger partial charge in [-0.1, -0.05) is 0 Å². The predicted octanol–water partition coefficient (Wildman–Crippen LogP) is 2.67. The third-order valence-corrected chi connectivity index (χ3v) is 3.02. The minimum atomic E-state index is -0.164. The Labute approximate surface area is 106 Å². The zero-order valence-electron chi connectivity index (χ0n) is 11.1. The summed E-state index contributed by atoms with van der Waals surface area (Å²) in [6.45, 7) is 8.40. The molecular formula is C13H17N3O2. The molecule has 0 radical (unpaired) electrons. The van der Waals surface area contributed by atoms with Crippen molar-refractivity contribution in [2.45, 2.75) is 34.2 Å². The van der Waals surface area contributed by atoms with Crippen LogP contribution in [-0.2, 0) is 6.54 Å². The molecule has 96 valence electrons. The quantitative estimate of drug-likeness (QED) is 0.907. The van der Waals surface area contributed by atoms with Crippen LogP contribution in [0.3, 0.4) is 0 Å². The Balaban J connectivity index is 2.27. The second-order valence-electron chi connectivity index (χ2n) is 4.21. The van der Waals surface area contributed by atoms with Crippen molar-refractivity contribution in [2.24, 2.45) is 0 Å². The van der Waals surface area contributed by atoms with Crippen LogP contribution in [0.15, 0.2) is 16.7 Å². The lowest BCUT2D eigenvalue weighted by molar-refractivity contribution is 0.102. The van der Waals surface area contributed by atoms with Gasteiger partial charge in [-0.05, 0) is 33.8 Å². The van der Waals surface area contributed by atoms with Gasteiger partial charge in [-0.3, -0.25) is 9.48 Å². The van der Waals surface area contributed by atoms with E-state index in [4.69, 9.17) is 4.42 Å².